The molecule has 1 aromatic carbocycles. The summed E-state index contributed by atoms with van der Waals surface area (Å²) in [7, 11) is 1.15. The summed E-state index contributed by atoms with van der Waals surface area (Å²) in [5, 5.41) is 9.20. The Morgan fingerprint density at radius 2 is 1.81 bits per heavy atom. The number of hydrogen-bond donors (Lipinski definition) is 1. The van der Waals surface area contributed by atoms with Crippen molar-refractivity contribution in [3.05, 3.63) is 29.8 Å². The number of benzene rings is 1. The maximum Gasteiger partial charge on any atom is 0.323 e. The van der Waals surface area contributed by atoms with Crippen LogP contribution in [0.5, 0.6) is 0 Å². The van der Waals surface area contributed by atoms with Gasteiger partial charge in [-0.25, -0.2) is 12.7 Å². The number of hydrogen-bond acceptors (Lipinski definition) is 4. The van der Waals surface area contributed by atoms with Gasteiger partial charge in [-0.05, 0) is 38.6 Å². The van der Waals surface area contributed by atoms with Crippen LogP contribution in [0.3, 0.4) is 0 Å². The van der Waals surface area contributed by atoms with Crippen molar-refractivity contribution in [2.24, 2.45) is 0 Å². The van der Waals surface area contributed by atoms with E-state index >= 15 is 0 Å². The van der Waals surface area contributed by atoms with Crippen molar-refractivity contribution in [1.82, 2.24) is 9.21 Å². The molecule has 0 aliphatic rings. The fourth-order valence-electron chi connectivity index (χ4n) is 1.65. The van der Waals surface area contributed by atoms with E-state index in [2.05, 4.69) is 0 Å². The van der Waals surface area contributed by atoms with Crippen LogP contribution in [0, 0.1) is 0 Å². The number of sulfonamides is 1. The molecule has 0 fully saturated rings. The van der Waals surface area contributed by atoms with E-state index in [0.29, 0.717) is 6.54 Å². The molecule has 0 spiro atoms. The van der Waals surface area contributed by atoms with E-state index in [0.717, 1.165) is 9.87 Å². The average Bonchev–Trinajstić information content (AvgIpc) is 2.38. The third kappa shape index (κ3) is 3.81. The zero-order chi connectivity index (χ0) is 16.4. The lowest BCUT2D eigenvalue weighted by molar-refractivity contribution is -0.148. The maximum absolute atomic E-state index is 12.1. The third-order valence-electron chi connectivity index (χ3n) is 3.57. The standard InChI is InChI=1S/C14H22N2O4S/c1-14(2,13(17)18)16(5)10-11-7-6-8-12(9-11)21(19,20)15(3)4/h6-9H,10H2,1-5H3,(H,17,18). The van der Waals surface area contributed by atoms with E-state index in [1.54, 1.807) is 44.0 Å². The van der Waals surface area contributed by atoms with Crippen molar-refractivity contribution >= 4 is 16.0 Å². The second-order valence-corrected chi connectivity index (χ2v) is 7.81. The quantitative estimate of drug-likeness (QED) is 0.854. The topological polar surface area (TPSA) is 77.9 Å². The lowest BCUT2D eigenvalue weighted by atomic mass is 10.0. The van der Waals surface area contributed by atoms with E-state index in [1.165, 1.54) is 20.2 Å². The summed E-state index contributed by atoms with van der Waals surface area (Å²) < 4.78 is 25.3. The number of rotatable bonds is 6. The zero-order valence-corrected chi connectivity index (χ0v) is 13.8. The van der Waals surface area contributed by atoms with Gasteiger partial charge in [-0.15, -0.1) is 0 Å². The van der Waals surface area contributed by atoms with Gasteiger partial charge in [-0.2, -0.15) is 0 Å². The van der Waals surface area contributed by atoms with Crippen LogP contribution in [0.1, 0.15) is 19.4 Å². The summed E-state index contributed by atoms with van der Waals surface area (Å²) in [4.78, 5) is 13.1. The fourth-order valence-corrected chi connectivity index (χ4v) is 2.62. The molecule has 0 aromatic heterocycles. The molecule has 0 saturated carbocycles. The molecule has 7 heteroatoms. The van der Waals surface area contributed by atoms with Gasteiger partial charge in [0.15, 0.2) is 0 Å². The molecule has 1 N–H and O–H groups in total. The minimum atomic E-state index is -3.49. The second kappa shape index (κ2) is 6.13. The van der Waals surface area contributed by atoms with Gasteiger partial charge >= 0.3 is 5.97 Å². The van der Waals surface area contributed by atoms with Crippen LogP contribution in [0.25, 0.3) is 0 Å². The van der Waals surface area contributed by atoms with Crippen molar-refractivity contribution in [2.75, 3.05) is 21.1 Å². The van der Waals surface area contributed by atoms with Gasteiger partial charge in [0.1, 0.15) is 5.54 Å². The SMILES string of the molecule is CN(Cc1cccc(S(=O)(=O)N(C)C)c1)C(C)(C)C(=O)O. The lowest BCUT2D eigenvalue weighted by Crippen LogP contribution is -2.47. The summed E-state index contributed by atoms with van der Waals surface area (Å²) in [6, 6.07) is 6.54. The van der Waals surface area contributed by atoms with Crippen LogP contribution < -0.4 is 0 Å². The Balaban J connectivity index is 3.06. The first-order valence-electron chi connectivity index (χ1n) is 6.45. The van der Waals surface area contributed by atoms with Crippen LogP contribution in [-0.2, 0) is 21.4 Å². The Morgan fingerprint density at radius 3 is 2.29 bits per heavy atom. The predicted octanol–water partition coefficient (Wildman–Crippen LogP) is 1.23. The molecule has 0 bridgehead atoms. The smallest absolute Gasteiger partial charge is 0.323 e. The number of aliphatic carboxylic acids is 1. The fraction of sp³-hybridized carbons (Fsp3) is 0.500. The van der Waals surface area contributed by atoms with Crippen LogP contribution in [0.4, 0.5) is 0 Å². The number of carboxylic acid groups (broad SMARTS) is 1. The highest BCUT2D eigenvalue weighted by molar-refractivity contribution is 7.89. The van der Waals surface area contributed by atoms with Crippen molar-refractivity contribution < 1.29 is 18.3 Å². The Labute approximate surface area is 126 Å². The Kier molecular flexibility index (Phi) is 5.14. The molecule has 0 saturated heterocycles. The summed E-state index contributed by atoms with van der Waals surface area (Å²) in [6.07, 6.45) is 0. The van der Waals surface area contributed by atoms with E-state index in [-0.39, 0.29) is 4.90 Å². The van der Waals surface area contributed by atoms with Crippen LogP contribution in [-0.4, -0.2) is 55.4 Å². The first-order valence-corrected chi connectivity index (χ1v) is 7.89. The average molecular weight is 314 g/mol. The van der Waals surface area contributed by atoms with E-state index in [9.17, 15) is 18.3 Å². The highest BCUT2D eigenvalue weighted by Crippen LogP contribution is 2.19. The van der Waals surface area contributed by atoms with Gasteiger partial charge in [-0.1, -0.05) is 12.1 Å². The van der Waals surface area contributed by atoms with E-state index in [1.807, 2.05) is 0 Å². The first kappa shape index (κ1) is 17.6. The normalized spacial score (nSPS) is 12.9. The van der Waals surface area contributed by atoms with Crippen molar-refractivity contribution in [3.63, 3.8) is 0 Å². The van der Waals surface area contributed by atoms with Crippen LogP contribution in [0.15, 0.2) is 29.2 Å². The number of nitrogens with zero attached hydrogens (tertiary/aromatic N) is 2. The summed E-state index contributed by atoms with van der Waals surface area (Å²) in [5.41, 5.74) is -0.286. The summed E-state index contributed by atoms with van der Waals surface area (Å²) in [5.74, 6) is -0.929. The third-order valence-corrected chi connectivity index (χ3v) is 5.39. The molecule has 1 rings (SSSR count). The second-order valence-electron chi connectivity index (χ2n) is 5.66. The lowest BCUT2D eigenvalue weighted by Gasteiger charge is -2.31. The monoisotopic (exact) mass is 314 g/mol. The summed E-state index contributed by atoms with van der Waals surface area (Å²) in [6.45, 7) is 3.56. The molecule has 0 heterocycles. The molecule has 1 aromatic rings. The molecule has 0 amide bonds. The zero-order valence-electron chi connectivity index (χ0n) is 13.0. The van der Waals surface area contributed by atoms with Gasteiger partial charge in [0, 0.05) is 20.6 Å². The van der Waals surface area contributed by atoms with Crippen molar-refractivity contribution in [3.8, 4) is 0 Å². The predicted molar refractivity (Wildman–Crippen MR) is 80.5 cm³/mol. The summed E-state index contributed by atoms with van der Waals surface area (Å²) >= 11 is 0. The molecule has 0 aliphatic heterocycles. The van der Waals surface area contributed by atoms with E-state index in [4.69, 9.17) is 0 Å². The Bertz CT molecular complexity index is 624. The van der Waals surface area contributed by atoms with Crippen LogP contribution in [0.2, 0.25) is 0 Å². The number of carbonyl (C=O) groups is 1. The largest absolute Gasteiger partial charge is 0.480 e. The molecule has 0 unspecified atom stereocenters. The molecule has 6 nitrogen and oxygen atoms in total. The van der Waals surface area contributed by atoms with Gasteiger partial charge < -0.3 is 5.11 Å². The van der Waals surface area contributed by atoms with Gasteiger partial charge in [0.05, 0.1) is 4.90 Å². The molecule has 0 radical (unpaired) electrons. The highest BCUT2D eigenvalue weighted by Gasteiger charge is 2.32. The minimum absolute atomic E-state index is 0.200. The molecular weight excluding hydrogens is 292 g/mol. The van der Waals surface area contributed by atoms with E-state index < -0.39 is 21.5 Å². The molecule has 0 aliphatic carbocycles. The molecular formula is C14H22N2O4S. The maximum atomic E-state index is 12.1. The molecule has 0 atom stereocenters. The molecule has 118 valence electrons. The minimum Gasteiger partial charge on any atom is -0.480 e. The number of likely N-dealkylation sites (N-methyl/N-ethyl adjacent to an activating group) is 1. The van der Waals surface area contributed by atoms with Crippen molar-refractivity contribution in [2.45, 2.75) is 30.8 Å². The Morgan fingerprint density at radius 1 is 1.24 bits per heavy atom. The first-order chi connectivity index (χ1) is 9.49. The Hall–Kier alpha value is -1.44. The van der Waals surface area contributed by atoms with Crippen molar-refractivity contribution in [1.29, 1.82) is 0 Å². The van der Waals surface area contributed by atoms with Gasteiger partial charge in [0.25, 0.3) is 0 Å². The molecule has 21 heavy (non-hydrogen) atoms. The highest BCUT2D eigenvalue weighted by atomic mass is 32.2. The van der Waals surface area contributed by atoms with Gasteiger partial charge in [-0.3, -0.25) is 9.69 Å². The number of carboxylic acids is 1. The van der Waals surface area contributed by atoms with Gasteiger partial charge in [0.2, 0.25) is 10.0 Å². The van der Waals surface area contributed by atoms with Crippen LogP contribution >= 0.6 is 0 Å².